The van der Waals surface area contributed by atoms with Crippen LogP contribution < -0.4 is 14.8 Å². The van der Waals surface area contributed by atoms with Crippen LogP contribution in [0.15, 0.2) is 42.5 Å². The van der Waals surface area contributed by atoms with Crippen molar-refractivity contribution in [3.05, 3.63) is 59.2 Å². The molecule has 1 amide bonds. The van der Waals surface area contributed by atoms with Gasteiger partial charge in [-0.05, 0) is 56.1 Å². The molecule has 30 heavy (non-hydrogen) atoms. The fourth-order valence-electron chi connectivity index (χ4n) is 3.60. The van der Waals surface area contributed by atoms with E-state index >= 15 is 0 Å². The molecule has 0 saturated carbocycles. The molecule has 0 radical (unpaired) electrons. The van der Waals surface area contributed by atoms with E-state index < -0.39 is 0 Å². The van der Waals surface area contributed by atoms with Gasteiger partial charge in [-0.25, -0.2) is 0 Å². The van der Waals surface area contributed by atoms with E-state index in [2.05, 4.69) is 28.4 Å². The average molecular weight is 408 g/mol. The van der Waals surface area contributed by atoms with Crippen LogP contribution >= 0.6 is 0 Å². The zero-order chi connectivity index (χ0) is 21.2. The second kappa shape index (κ2) is 11.2. The topological polar surface area (TPSA) is 74.6 Å². The molecule has 3 rings (SSSR count). The smallest absolute Gasteiger partial charge is 0.258 e. The van der Waals surface area contributed by atoms with E-state index in [-0.39, 0.29) is 12.5 Å². The van der Waals surface area contributed by atoms with Gasteiger partial charge in [-0.2, -0.15) is 5.26 Å². The normalized spacial score (nSPS) is 14.0. The van der Waals surface area contributed by atoms with Gasteiger partial charge in [0.2, 0.25) is 0 Å². The summed E-state index contributed by atoms with van der Waals surface area (Å²) >= 11 is 0. The quantitative estimate of drug-likeness (QED) is 0.687. The van der Waals surface area contributed by atoms with Crippen LogP contribution in [0.3, 0.4) is 0 Å². The maximum atomic E-state index is 12.3. The maximum Gasteiger partial charge on any atom is 0.258 e. The highest BCUT2D eigenvalue weighted by molar-refractivity contribution is 5.77. The highest BCUT2D eigenvalue weighted by Crippen LogP contribution is 2.28. The Bertz CT molecular complexity index is 886. The lowest BCUT2D eigenvalue weighted by atomic mass is 10.0. The van der Waals surface area contributed by atoms with Gasteiger partial charge in [-0.3, -0.25) is 9.69 Å². The van der Waals surface area contributed by atoms with Crippen LogP contribution in [0.2, 0.25) is 0 Å². The third-order valence-corrected chi connectivity index (χ3v) is 5.17. The van der Waals surface area contributed by atoms with Gasteiger partial charge in [0.25, 0.3) is 5.91 Å². The lowest BCUT2D eigenvalue weighted by molar-refractivity contribution is -0.123. The van der Waals surface area contributed by atoms with Crippen LogP contribution in [0.5, 0.6) is 11.5 Å². The van der Waals surface area contributed by atoms with Crippen molar-refractivity contribution in [3.63, 3.8) is 0 Å². The minimum absolute atomic E-state index is 0.111. The molecule has 0 unspecified atom stereocenters. The number of amides is 1. The van der Waals surface area contributed by atoms with Gasteiger partial charge >= 0.3 is 0 Å². The summed E-state index contributed by atoms with van der Waals surface area (Å²) in [5, 5.41) is 12.0. The monoisotopic (exact) mass is 407 g/mol. The molecule has 0 spiro atoms. The second-order valence-corrected chi connectivity index (χ2v) is 7.38. The largest absolute Gasteiger partial charge is 0.490 e. The van der Waals surface area contributed by atoms with E-state index in [0.717, 1.165) is 25.2 Å². The second-order valence-electron chi connectivity index (χ2n) is 7.38. The van der Waals surface area contributed by atoms with E-state index in [9.17, 15) is 4.79 Å². The molecule has 1 heterocycles. The predicted octanol–water partition coefficient (Wildman–Crippen LogP) is 3.64. The van der Waals surface area contributed by atoms with Crippen molar-refractivity contribution in [1.29, 1.82) is 5.26 Å². The number of nitriles is 1. The Balaban J connectivity index is 1.53. The third-order valence-electron chi connectivity index (χ3n) is 5.17. The van der Waals surface area contributed by atoms with Crippen molar-refractivity contribution in [2.24, 2.45) is 0 Å². The number of carbonyl (C=O) groups excluding carboxylic acids is 1. The average Bonchev–Trinajstić information content (AvgIpc) is 2.78. The van der Waals surface area contributed by atoms with E-state index in [4.69, 9.17) is 14.7 Å². The minimum Gasteiger partial charge on any atom is -0.490 e. The van der Waals surface area contributed by atoms with E-state index in [1.807, 2.05) is 19.1 Å². The number of benzene rings is 2. The number of ether oxygens (including phenoxy) is 2. The zero-order valence-corrected chi connectivity index (χ0v) is 17.5. The Morgan fingerprint density at radius 1 is 1.07 bits per heavy atom. The first-order valence-corrected chi connectivity index (χ1v) is 10.5. The van der Waals surface area contributed by atoms with Gasteiger partial charge in [-0.15, -0.1) is 0 Å². The summed E-state index contributed by atoms with van der Waals surface area (Å²) in [5.74, 6) is 0.724. The van der Waals surface area contributed by atoms with Gasteiger partial charge in [0.1, 0.15) is 0 Å². The number of nitrogens with zero attached hydrogens (tertiary/aromatic N) is 2. The number of hydrogen-bond donors (Lipinski definition) is 1. The lowest BCUT2D eigenvalue weighted by Gasteiger charge is -2.27. The Morgan fingerprint density at radius 3 is 2.57 bits per heavy atom. The van der Waals surface area contributed by atoms with Crippen LogP contribution in [0, 0.1) is 11.3 Å². The van der Waals surface area contributed by atoms with E-state index in [1.54, 1.807) is 18.2 Å². The number of rotatable bonds is 9. The first kappa shape index (κ1) is 21.7. The fraction of sp³-hybridized carbons (Fsp3) is 0.417. The molecule has 1 saturated heterocycles. The summed E-state index contributed by atoms with van der Waals surface area (Å²) in [6.45, 7) is 5.87. The maximum absolute atomic E-state index is 12.3. The Hall–Kier alpha value is -3.04. The molecule has 0 bridgehead atoms. The van der Waals surface area contributed by atoms with Crippen molar-refractivity contribution < 1.29 is 14.3 Å². The Kier molecular flexibility index (Phi) is 8.10. The number of nitrogens with one attached hydrogen (secondary N) is 1. The number of carbonyl (C=O) groups is 1. The van der Waals surface area contributed by atoms with Crippen LogP contribution in [-0.2, 0) is 17.9 Å². The van der Waals surface area contributed by atoms with Crippen molar-refractivity contribution in [1.82, 2.24) is 10.2 Å². The molecular weight excluding hydrogens is 378 g/mol. The molecule has 0 atom stereocenters. The minimum atomic E-state index is -0.199. The summed E-state index contributed by atoms with van der Waals surface area (Å²) in [7, 11) is 0. The zero-order valence-electron chi connectivity index (χ0n) is 17.5. The molecule has 1 N–H and O–H groups in total. The van der Waals surface area contributed by atoms with Crippen LogP contribution in [0.1, 0.15) is 42.9 Å². The molecule has 6 heteroatoms. The van der Waals surface area contributed by atoms with Crippen LogP contribution in [-0.4, -0.2) is 37.1 Å². The van der Waals surface area contributed by atoms with Crippen molar-refractivity contribution in [2.45, 2.75) is 39.3 Å². The highest BCUT2D eigenvalue weighted by Gasteiger charge is 2.13. The van der Waals surface area contributed by atoms with E-state index in [1.165, 1.54) is 24.8 Å². The van der Waals surface area contributed by atoms with Crippen molar-refractivity contribution in [3.8, 4) is 17.6 Å². The molecule has 2 aromatic carbocycles. The summed E-state index contributed by atoms with van der Waals surface area (Å²) < 4.78 is 11.2. The summed E-state index contributed by atoms with van der Waals surface area (Å²) in [4.78, 5) is 14.8. The first-order valence-electron chi connectivity index (χ1n) is 10.5. The van der Waals surface area contributed by atoms with Crippen LogP contribution in [0.4, 0.5) is 0 Å². The molecule has 0 aromatic heterocycles. The fourth-order valence-corrected chi connectivity index (χ4v) is 3.60. The van der Waals surface area contributed by atoms with Crippen molar-refractivity contribution in [2.75, 3.05) is 26.3 Å². The van der Waals surface area contributed by atoms with Gasteiger partial charge in [0, 0.05) is 19.2 Å². The number of piperidine rings is 1. The van der Waals surface area contributed by atoms with Gasteiger partial charge in [0.15, 0.2) is 18.1 Å². The molecule has 1 fully saturated rings. The highest BCUT2D eigenvalue weighted by atomic mass is 16.5. The predicted molar refractivity (Wildman–Crippen MR) is 115 cm³/mol. The Labute approximate surface area is 178 Å². The Morgan fingerprint density at radius 2 is 1.83 bits per heavy atom. The van der Waals surface area contributed by atoms with Gasteiger partial charge < -0.3 is 14.8 Å². The molecule has 0 aliphatic carbocycles. The molecule has 2 aromatic rings. The standard InChI is InChI=1S/C24H29N3O3/c1-2-29-23-14-19(15-25)10-11-22(23)30-18-24(28)26-16-20-8-4-5-9-21(20)17-27-12-6-3-7-13-27/h4-5,8-11,14H,2-3,6-7,12-13,16-18H2,1H3,(H,26,28). The molecule has 1 aliphatic rings. The molecule has 6 nitrogen and oxygen atoms in total. The van der Waals surface area contributed by atoms with Crippen molar-refractivity contribution >= 4 is 5.91 Å². The van der Waals surface area contributed by atoms with E-state index in [0.29, 0.717) is 30.2 Å². The number of hydrogen-bond acceptors (Lipinski definition) is 5. The van der Waals surface area contributed by atoms with Gasteiger partial charge in [0.05, 0.1) is 18.2 Å². The molecular formula is C24H29N3O3. The van der Waals surface area contributed by atoms with Crippen LogP contribution in [0.25, 0.3) is 0 Å². The lowest BCUT2D eigenvalue weighted by Crippen LogP contribution is -2.31. The molecule has 1 aliphatic heterocycles. The molecule has 158 valence electrons. The number of likely N-dealkylation sites (tertiary alicyclic amines) is 1. The summed E-state index contributed by atoms with van der Waals surface area (Å²) in [6.07, 6.45) is 3.84. The van der Waals surface area contributed by atoms with Gasteiger partial charge in [-0.1, -0.05) is 30.7 Å². The summed E-state index contributed by atoms with van der Waals surface area (Å²) in [5.41, 5.74) is 2.87. The SMILES string of the molecule is CCOc1cc(C#N)ccc1OCC(=O)NCc1ccccc1CN1CCCCC1. The first-order chi connectivity index (χ1) is 14.7. The third kappa shape index (κ3) is 6.23. The summed E-state index contributed by atoms with van der Waals surface area (Å²) in [6, 6.07) is 15.2.